The number of amides is 3. The molecule has 1 heterocycles. The van der Waals surface area contributed by atoms with E-state index in [4.69, 9.17) is 14.2 Å². The molecule has 0 aliphatic carbocycles. The van der Waals surface area contributed by atoms with Crippen molar-refractivity contribution in [3.05, 3.63) is 95.6 Å². The number of carbonyl (C=O) groups excluding carboxylic acids is 2. The molecular weight excluding hydrogens is 518 g/mol. The van der Waals surface area contributed by atoms with E-state index in [9.17, 15) is 9.59 Å². The number of hydrogen-bond donors (Lipinski definition) is 2. The summed E-state index contributed by atoms with van der Waals surface area (Å²) in [5, 5.41) is 6.11. The van der Waals surface area contributed by atoms with E-state index in [-0.39, 0.29) is 37.6 Å². The highest BCUT2D eigenvalue weighted by atomic mass is 16.7. The summed E-state index contributed by atoms with van der Waals surface area (Å²) in [5.41, 5.74) is 2.98. The molecule has 3 aromatic carbocycles. The highest BCUT2D eigenvalue weighted by Gasteiger charge is 2.25. The summed E-state index contributed by atoms with van der Waals surface area (Å²) in [5.74, 6) is 1.39. The third-order valence-electron chi connectivity index (χ3n) is 7.34. The van der Waals surface area contributed by atoms with Crippen LogP contribution in [0.4, 0.5) is 9.59 Å². The summed E-state index contributed by atoms with van der Waals surface area (Å²) in [7, 11) is 0. The fourth-order valence-corrected chi connectivity index (χ4v) is 4.89. The number of urea groups is 1. The Kier molecular flexibility index (Phi) is 10.9. The summed E-state index contributed by atoms with van der Waals surface area (Å²) in [6.45, 7) is 6.81. The van der Waals surface area contributed by atoms with Crippen molar-refractivity contribution in [2.45, 2.75) is 71.1 Å². The molecule has 0 aromatic heterocycles. The van der Waals surface area contributed by atoms with Crippen molar-refractivity contribution in [1.82, 2.24) is 15.5 Å². The smallest absolute Gasteiger partial charge is 0.410 e. The van der Waals surface area contributed by atoms with E-state index in [1.807, 2.05) is 92.7 Å². The first-order valence-corrected chi connectivity index (χ1v) is 14.5. The molecule has 8 heteroatoms. The fourth-order valence-electron chi connectivity index (χ4n) is 4.89. The highest BCUT2D eigenvalue weighted by molar-refractivity contribution is 5.75. The Morgan fingerprint density at radius 3 is 2.32 bits per heavy atom. The third kappa shape index (κ3) is 8.39. The Morgan fingerprint density at radius 2 is 1.61 bits per heavy atom. The molecule has 0 saturated heterocycles. The molecule has 0 bridgehead atoms. The van der Waals surface area contributed by atoms with Gasteiger partial charge < -0.3 is 24.8 Å². The number of ether oxygens (including phenoxy) is 3. The highest BCUT2D eigenvalue weighted by Crippen LogP contribution is 2.34. The summed E-state index contributed by atoms with van der Waals surface area (Å²) in [4.78, 5) is 28.3. The monoisotopic (exact) mass is 559 g/mol. The van der Waals surface area contributed by atoms with Crippen LogP contribution in [0.5, 0.6) is 11.5 Å². The average Bonchev–Trinajstić information content (AvgIpc) is 3.48. The number of fused-ring (bicyclic) bond motifs is 1. The van der Waals surface area contributed by atoms with E-state index < -0.39 is 6.09 Å². The van der Waals surface area contributed by atoms with Crippen LogP contribution in [0.1, 0.15) is 75.2 Å². The van der Waals surface area contributed by atoms with Gasteiger partial charge in [0.15, 0.2) is 11.5 Å². The first-order chi connectivity index (χ1) is 20.0. The summed E-state index contributed by atoms with van der Waals surface area (Å²) in [6.07, 6.45) is 2.85. The second-order valence-electron chi connectivity index (χ2n) is 10.3. The van der Waals surface area contributed by atoms with Gasteiger partial charge >= 0.3 is 12.1 Å². The van der Waals surface area contributed by atoms with Crippen molar-refractivity contribution in [2.24, 2.45) is 0 Å². The van der Waals surface area contributed by atoms with Gasteiger partial charge in [-0.3, -0.25) is 4.90 Å². The molecule has 4 rings (SSSR count). The number of nitrogens with zero attached hydrogens (tertiary/aromatic N) is 1. The van der Waals surface area contributed by atoms with Crippen molar-refractivity contribution in [3.63, 3.8) is 0 Å². The van der Waals surface area contributed by atoms with Crippen molar-refractivity contribution in [2.75, 3.05) is 13.4 Å². The molecular formula is C33H41N3O5. The molecule has 1 unspecified atom stereocenters. The van der Waals surface area contributed by atoms with Gasteiger partial charge in [0.2, 0.25) is 6.79 Å². The lowest BCUT2D eigenvalue weighted by molar-refractivity contribution is 0.0768. The molecule has 2 N–H and O–H groups in total. The predicted octanol–water partition coefficient (Wildman–Crippen LogP) is 7.12. The van der Waals surface area contributed by atoms with Gasteiger partial charge in [-0.15, -0.1) is 0 Å². The minimum atomic E-state index is -0.416. The minimum Gasteiger partial charge on any atom is -0.454 e. The zero-order valence-corrected chi connectivity index (χ0v) is 24.2. The predicted molar refractivity (Wildman–Crippen MR) is 159 cm³/mol. The van der Waals surface area contributed by atoms with Crippen LogP contribution >= 0.6 is 0 Å². The average molecular weight is 560 g/mol. The van der Waals surface area contributed by atoms with Crippen LogP contribution in [0.25, 0.3) is 0 Å². The van der Waals surface area contributed by atoms with E-state index in [2.05, 4.69) is 17.6 Å². The van der Waals surface area contributed by atoms with E-state index in [1.165, 1.54) is 0 Å². The van der Waals surface area contributed by atoms with Gasteiger partial charge in [-0.1, -0.05) is 93.4 Å². The summed E-state index contributed by atoms with van der Waals surface area (Å²) < 4.78 is 16.8. The lowest BCUT2D eigenvalue weighted by atomic mass is 10.0. The first-order valence-electron chi connectivity index (χ1n) is 14.5. The lowest BCUT2D eigenvalue weighted by Crippen LogP contribution is -2.46. The zero-order chi connectivity index (χ0) is 29.0. The van der Waals surface area contributed by atoms with Crippen LogP contribution in [0, 0.1) is 0 Å². The Bertz CT molecular complexity index is 1250. The molecule has 1 aliphatic rings. The normalized spacial score (nSPS) is 14.0. The molecule has 3 amide bonds. The van der Waals surface area contributed by atoms with Gasteiger partial charge in [-0.05, 0) is 48.6 Å². The summed E-state index contributed by atoms with van der Waals surface area (Å²) in [6, 6.07) is 24.5. The largest absolute Gasteiger partial charge is 0.454 e. The number of hydrogen-bond acceptors (Lipinski definition) is 5. The topological polar surface area (TPSA) is 89.1 Å². The second kappa shape index (κ2) is 15.0. The van der Waals surface area contributed by atoms with E-state index in [1.54, 1.807) is 4.90 Å². The van der Waals surface area contributed by atoms with Crippen LogP contribution < -0.4 is 20.1 Å². The van der Waals surface area contributed by atoms with Gasteiger partial charge in [0.1, 0.15) is 6.61 Å². The van der Waals surface area contributed by atoms with E-state index in [0.29, 0.717) is 30.9 Å². The van der Waals surface area contributed by atoms with Gasteiger partial charge in [0, 0.05) is 6.54 Å². The maximum absolute atomic E-state index is 13.5. The summed E-state index contributed by atoms with van der Waals surface area (Å²) >= 11 is 0. The van der Waals surface area contributed by atoms with Gasteiger partial charge in [0.05, 0.1) is 18.1 Å². The van der Waals surface area contributed by atoms with E-state index in [0.717, 1.165) is 29.5 Å². The number of nitrogens with one attached hydrogen (secondary N) is 2. The SMILES string of the molecule is CCCC[C@@H](COC(=O)N(Cc1ccccc1)C(C)c1ccccc1)NC(=O)N[C@@H](CC)c1ccc2c(c1)OCO2. The Labute approximate surface area is 243 Å². The number of benzene rings is 3. The van der Waals surface area contributed by atoms with Crippen LogP contribution in [-0.2, 0) is 11.3 Å². The molecule has 8 nitrogen and oxygen atoms in total. The third-order valence-corrected chi connectivity index (χ3v) is 7.34. The van der Waals surface area contributed by atoms with Crippen LogP contribution in [0.3, 0.4) is 0 Å². The number of unbranched alkanes of at least 4 members (excludes halogenated alkanes) is 1. The molecule has 218 valence electrons. The quantitative estimate of drug-likeness (QED) is 0.233. The molecule has 3 aromatic rings. The Morgan fingerprint density at radius 1 is 0.902 bits per heavy atom. The second-order valence-corrected chi connectivity index (χ2v) is 10.3. The molecule has 0 saturated carbocycles. The van der Waals surface area contributed by atoms with Crippen LogP contribution in [0.15, 0.2) is 78.9 Å². The molecule has 1 aliphatic heterocycles. The van der Waals surface area contributed by atoms with Crippen LogP contribution in [-0.4, -0.2) is 36.5 Å². The van der Waals surface area contributed by atoms with Crippen molar-refractivity contribution in [1.29, 1.82) is 0 Å². The van der Waals surface area contributed by atoms with Gasteiger partial charge in [0.25, 0.3) is 0 Å². The Hall–Kier alpha value is -4.20. The number of rotatable bonds is 13. The van der Waals surface area contributed by atoms with E-state index >= 15 is 0 Å². The van der Waals surface area contributed by atoms with Gasteiger partial charge in [-0.2, -0.15) is 0 Å². The van der Waals surface area contributed by atoms with Crippen molar-refractivity contribution in [3.8, 4) is 11.5 Å². The minimum absolute atomic E-state index is 0.0832. The van der Waals surface area contributed by atoms with Crippen molar-refractivity contribution < 1.29 is 23.8 Å². The van der Waals surface area contributed by atoms with Gasteiger partial charge in [-0.25, -0.2) is 9.59 Å². The van der Waals surface area contributed by atoms with Crippen molar-refractivity contribution >= 4 is 12.1 Å². The van der Waals surface area contributed by atoms with Crippen LogP contribution in [0.2, 0.25) is 0 Å². The standard InChI is InChI=1S/C33H41N3O5/c1-4-6-17-28(34-32(37)35-29(5-2)27-18-19-30-31(20-27)41-23-40-30)22-39-33(38)36(21-25-13-9-7-10-14-25)24(3)26-15-11-8-12-16-26/h7-16,18-20,24,28-29H,4-6,17,21-23H2,1-3H3,(H2,34,35,37)/t24?,28-,29-/m0/s1. The molecule has 0 radical (unpaired) electrons. The maximum atomic E-state index is 13.5. The molecule has 0 fully saturated rings. The first kappa shape index (κ1) is 29.8. The molecule has 3 atom stereocenters. The maximum Gasteiger partial charge on any atom is 0.410 e. The fraction of sp³-hybridized carbons (Fsp3) is 0.394. The number of carbonyl (C=O) groups is 2. The lowest BCUT2D eigenvalue weighted by Gasteiger charge is -2.30. The molecule has 41 heavy (non-hydrogen) atoms. The Balaban J connectivity index is 1.40. The zero-order valence-electron chi connectivity index (χ0n) is 24.2. The molecule has 0 spiro atoms.